The largest absolute Gasteiger partial charge is 0.322 e. The molecule has 0 aliphatic carbocycles. The molecular formula is C23H20N4O2S2. The highest BCUT2D eigenvalue weighted by atomic mass is 32.1. The van der Waals surface area contributed by atoms with Gasteiger partial charge in [0.25, 0.3) is 5.91 Å². The van der Waals surface area contributed by atoms with Crippen LogP contribution in [0.25, 0.3) is 10.6 Å². The maximum Gasteiger partial charge on any atom is 0.255 e. The van der Waals surface area contributed by atoms with Crippen molar-refractivity contribution in [1.82, 2.24) is 9.97 Å². The molecule has 4 aromatic rings. The van der Waals surface area contributed by atoms with Gasteiger partial charge in [0.05, 0.1) is 27.7 Å². The molecule has 0 atom stereocenters. The van der Waals surface area contributed by atoms with Crippen LogP contribution in [0, 0.1) is 13.8 Å². The summed E-state index contributed by atoms with van der Waals surface area (Å²) in [6.45, 7) is 3.93. The van der Waals surface area contributed by atoms with E-state index in [4.69, 9.17) is 0 Å². The molecule has 0 saturated heterocycles. The van der Waals surface area contributed by atoms with E-state index < -0.39 is 0 Å². The lowest BCUT2D eigenvalue weighted by molar-refractivity contribution is -0.115. The first kappa shape index (κ1) is 20.9. The van der Waals surface area contributed by atoms with E-state index in [1.807, 2.05) is 49.6 Å². The van der Waals surface area contributed by atoms with Gasteiger partial charge in [0.2, 0.25) is 5.91 Å². The number of amides is 2. The smallest absolute Gasteiger partial charge is 0.255 e. The van der Waals surface area contributed by atoms with Crippen molar-refractivity contribution in [3.63, 3.8) is 0 Å². The number of nitrogens with zero attached hydrogens (tertiary/aromatic N) is 2. The first-order valence-electron chi connectivity index (χ1n) is 9.63. The Labute approximate surface area is 188 Å². The van der Waals surface area contributed by atoms with E-state index in [0.717, 1.165) is 26.8 Å². The van der Waals surface area contributed by atoms with Gasteiger partial charge in [0, 0.05) is 16.6 Å². The van der Waals surface area contributed by atoms with E-state index in [-0.39, 0.29) is 18.2 Å². The summed E-state index contributed by atoms with van der Waals surface area (Å²) in [6.07, 6.45) is 0.223. The molecular weight excluding hydrogens is 428 g/mol. The molecule has 6 nitrogen and oxygen atoms in total. The number of aryl methyl sites for hydroxylation is 2. The van der Waals surface area contributed by atoms with E-state index >= 15 is 0 Å². The van der Waals surface area contributed by atoms with Crippen molar-refractivity contribution in [1.29, 1.82) is 0 Å². The molecule has 2 heterocycles. The normalized spacial score (nSPS) is 10.6. The lowest BCUT2D eigenvalue weighted by atomic mass is 10.1. The second-order valence-corrected chi connectivity index (χ2v) is 8.99. The number of carbonyl (C=O) groups excluding carboxylic acids is 2. The van der Waals surface area contributed by atoms with Gasteiger partial charge < -0.3 is 10.6 Å². The minimum absolute atomic E-state index is 0.140. The van der Waals surface area contributed by atoms with Crippen molar-refractivity contribution >= 4 is 45.3 Å². The highest BCUT2D eigenvalue weighted by molar-refractivity contribution is 7.16. The molecule has 0 fully saturated rings. The zero-order valence-corrected chi connectivity index (χ0v) is 18.6. The van der Waals surface area contributed by atoms with Crippen molar-refractivity contribution in [3.05, 3.63) is 81.8 Å². The molecule has 0 aliphatic rings. The monoisotopic (exact) mass is 448 g/mol. The molecule has 0 radical (unpaired) electrons. The van der Waals surface area contributed by atoms with Crippen LogP contribution in [-0.2, 0) is 11.2 Å². The molecule has 0 bridgehead atoms. The highest BCUT2D eigenvalue weighted by Gasteiger charge is 2.13. The lowest BCUT2D eigenvalue weighted by Gasteiger charge is -2.07. The minimum atomic E-state index is -0.169. The van der Waals surface area contributed by atoms with Crippen molar-refractivity contribution in [3.8, 4) is 10.6 Å². The van der Waals surface area contributed by atoms with Gasteiger partial charge in [0.15, 0.2) is 5.13 Å². The van der Waals surface area contributed by atoms with Gasteiger partial charge in [-0.2, -0.15) is 0 Å². The lowest BCUT2D eigenvalue weighted by Crippen LogP contribution is -2.14. The number of benzene rings is 2. The van der Waals surface area contributed by atoms with Gasteiger partial charge in [0.1, 0.15) is 0 Å². The van der Waals surface area contributed by atoms with Crippen LogP contribution < -0.4 is 10.6 Å². The fraction of sp³-hybridized carbons (Fsp3) is 0.130. The summed E-state index contributed by atoms with van der Waals surface area (Å²) < 4.78 is 0. The molecule has 2 aromatic heterocycles. The number of hydrogen-bond donors (Lipinski definition) is 2. The van der Waals surface area contributed by atoms with Gasteiger partial charge in [-0.25, -0.2) is 9.97 Å². The third-order valence-electron chi connectivity index (χ3n) is 4.50. The summed E-state index contributed by atoms with van der Waals surface area (Å²) in [4.78, 5) is 34.6. The Morgan fingerprint density at radius 3 is 2.35 bits per heavy atom. The van der Waals surface area contributed by atoms with E-state index in [1.54, 1.807) is 35.6 Å². The van der Waals surface area contributed by atoms with Crippen molar-refractivity contribution in [2.45, 2.75) is 20.3 Å². The van der Waals surface area contributed by atoms with Crippen LogP contribution in [0.1, 0.15) is 26.6 Å². The second kappa shape index (κ2) is 9.20. The Hall–Kier alpha value is -3.36. The number of thiazole rings is 2. The molecule has 0 spiro atoms. The van der Waals surface area contributed by atoms with Crippen LogP contribution in [0.4, 0.5) is 10.8 Å². The van der Waals surface area contributed by atoms with Crippen molar-refractivity contribution in [2.75, 3.05) is 10.6 Å². The van der Waals surface area contributed by atoms with Gasteiger partial charge in [-0.15, -0.1) is 22.7 Å². The van der Waals surface area contributed by atoms with E-state index in [2.05, 4.69) is 20.6 Å². The van der Waals surface area contributed by atoms with Crippen LogP contribution >= 0.6 is 22.7 Å². The third-order valence-corrected chi connectivity index (χ3v) is 6.35. The number of nitrogens with one attached hydrogen (secondary N) is 2. The SMILES string of the molecule is Cc1nc(C)c(-c2csc(NC(=O)Cc3ccc(NC(=O)c4ccccc4)cc3)n2)s1. The van der Waals surface area contributed by atoms with Crippen LogP contribution in [0.15, 0.2) is 60.0 Å². The first-order chi connectivity index (χ1) is 15.0. The summed E-state index contributed by atoms with van der Waals surface area (Å²) in [7, 11) is 0. The summed E-state index contributed by atoms with van der Waals surface area (Å²) in [5.41, 5.74) is 3.91. The number of anilines is 2. The topological polar surface area (TPSA) is 84.0 Å². The van der Waals surface area contributed by atoms with Crippen LogP contribution in [0.5, 0.6) is 0 Å². The van der Waals surface area contributed by atoms with Crippen LogP contribution in [0.3, 0.4) is 0 Å². The standard InChI is InChI=1S/C23H20N4O2S2/c1-14-21(31-15(2)24-14)19-13-30-23(26-19)27-20(28)12-16-8-10-18(11-9-16)25-22(29)17-6-4-3-5-7-17/h3-11,13H,12H2,1-2H3,(H,25,29)(H,26,27,28). The highest BCUT2D eigenvalue weighted by Crippen LogP contribution is 2.32. The molecule has 0 aliphatic heterocycles. The summed E-state index contributed by atoms with van der Waals surface area (Å²) in [6, 6.07) is 16.3. The predicted octanol–water partition coefficient (Wildman–Crippen LogP) is 5.32. The van der Waals surface area contributed by atoms with Gasteiger partial charge in [-0.3, -0.25) is 9.59 Å². The van der Waals surface area contributed by atoms with Crippen molar-refractivity contribution in [2.24, 2.45) is 0 Å². The van der Waals surface area contributed by atoms with E-state index in [1.165, 1.54) is 11.3 Å². The Bertz CT molecular complexity index is 1210. The minimum Gasteiger partial charge on any atom is -0.322 e. The molecule has 0 unspecified atom stereocenters. The fourth-order valence-corrected chi connectivity index (χ4v) is 4.72. The average molecular weight is 449 g/mol. The number of aromatic nitrogens is 2. The summed E-state index contributed by atoms with van der Waals surface area (Å²) in [5.74, 6) is -0.309. The Morgan fingerprint density at radius 1 is 0.935 bits per heavy atom. The Morgan fingerprint density at radius 2 is 1.68 bits per heavy atom. The fourth-order valence-electron chi connectivity index (χ4n) is 3.05. The van der Waals surface area contributed by atoms with Gasteiger partial charge in [-0.05, 0) is 43.7 Å². The molecule has 31 heavy (non-hydrogen) atoms. The second-order valence-electron chi connectivity index (χ2n) is 6.93. The first-order valence-corrected chi connectivity index (χ1v) is 11.3. The van der Waals surface area contributed by atoms with Gasteiger partial charge in [-0.1, -0.05) is 30.3 Å². The molecule has 8 heteroatoms. The molecule has 0 saturated carbocycles. The van der Waals surface area contributed by atoms with Gasteiger partial charge >= 0.3 is 0 Å². The van der Waals surface area contributed by atoms with E-state index in [0.29, 0.717) is 16.4 Å². The quantitative estimate of drug-likeness (QED) is 0.418. The number of hydrogen-bond acceptors (Lipinski definition) is 6. The van der Waals surface area contributed by atoms with Crippen LogP contribution in [0.2, 0.25) is 0 Å². The van der Waals surface area contributed by atoms with Crippen molar-refractivity contribution < 1.29 is 9.59 Å². The predicted molar refractivity (Wildman–Crippen MR) is 126 cm³/mol. The Balaban J connectivity index is 1.34. The number of rotatable bonds is 6. The molecule has 156 valence electrons. The van der Waals surface area contributed by atoms with Crippen LogP contribution in [-0.4, -0.2) is 21.8 Å². The maximum absolute atomic E-state index is 12.4. The number of carbonyl (C=O) groups is 2. The summed E-state index contributed by atoms with van der Waals surface area (Å²) in [5, 5.41) is 9.20. The molecule has 2 aromatic carbocycles. The summed E-state index contributed by atoms with van der Waals surface area (Å²) >= 11 is 2.99. The molecule has 2 N–H and O–H groups in total. The van der Waals surface area contributed by atoms with E-state index in [9.17, 15) is 9.59 Å². The zero-order valence-electron chi connectivity index (χ0n) is 17.0. The zero-order chi connectivity index (χ0) is 21.8. The average Bonchev–Trinajstić information content (AvgIpc) is 3.35. The third kappa shape index (κ3) is 5.22. The Kier molecular flexibility index (Phi) is 6.20. The maximum atomic E-state index is 12.4. The molecule has 4 rings (SSSR count). The molecule has 2 amide bonds.